The van der Waals surface area contributed by atoms with Crippen LogP contribution in [0, 0.1) is 0 Å². The van der Waals surface area contributed by atoms with Crippen molar-refractivity contribution < 1.29 is 14.3 Å². The zero-order valence-corrected chi connectivity index (χ0v) is 10.6. The fourth-order valence-corrected chi connectivity index (χ4v) is 2.06. The topological polar surface area (TPSA) is 47.6 Å². The van der Waals surface area contributed by atoms with Gasteiger partial charge in [0.2, 0.25) is 0 Å². The number of hydrogen-bond acceptors (Lipinski definition) is 4. The normalized spacial score (nSPS) is 19.0. The molecule has 18 heavy (non-hydrogen) atoms. The molecule has 0 bridgehead atoms. The molecule has 1 atom stereocenters. The van der Waals surface area contributed by atoms with Crippen molar-refractivity contribution in [3.05, 3.63) is 41.5 Å². The molecule has 96 valence electrons. The van der Waals surface area contributed by atoms with Crippen LogP contribution in [0.15, 0.2) is 35.9 Å². The average molecular weight is 247 g/mol. The molecular formula is C14H17NO3. The van der Waals surface area contributed by atoms with Crippen molar-refractivity contribution in [3.63, 3.8) is 0 Å². The van der Waals surface area contributed by atoms with Crippen LogP contribution in [0.2, 0.25) is 0 Å². The van der Waals surface area contributed by atoms with Crippen LogP contribution in [-0.2, 0) is 9.53 Å². The Balaban J connectivity index is 2.24. The van der Waals surface area contributed by atoms with Gasteiger partial charge in [-0.25, -0.2) is 4.79 Å². The van der Waals surface area contributed by atoms with E-state index < -0.39 is 0 Å². The second kappa shape index (κ2) is 5.69. The van der Waals surface area contributed by atoms with Crippen molar-refractivity contribution in [2.45, 2.75) is 12.5 Å². The lowest BCUT2D eigenvalue weighted by Crippen LogP contribution is -2.27. The van der Waals surface area contributed by atoms with Gasteiger partial charge in [-0.3, -0.25) is 0 Å². The van der Waals surface area contributed by atoms with Crippen LogP contribution in [0.25, 0.3) is 0 Å². The molecule has 1 unspecified atom stereocenters. The van der Waals surface area contributed by atoms with E-state index in [4.69, 9.17) is 9.47 Å². The summed E-state index contributed by atoms with van der Waals surface area (Å²) in [5.41, 5.74) is 1.81. The fraction of sp³-hybridized carbons (Fsp3) is 0.357. The molecule has 1 aliphatic heterocycles. The van der Waals surface area contributed by atoms with Gasteiger partial charge in [0.25, 0.3) is 0 Å². The van der Waals surface area contributed by atoms with E-state index in [2.05, 4.69) is 5.32 Å². The monoisotopic (exact) mass is 247 g/mol. The average Bonchev–Trinajstić information content (AvgIpc) is 2.46. The first kappa shape index (κ1) is 12.6. The van der Waals surface area contributed by atoms with Gasteiger partial charge in [0.05, 0.1) is 20.3 Å². The van der Waals surface area contributed by atoms with Crippen molar-refractivity contribution in [1.82, 2.24) is 5.32 Å². The van der Waals surface area contributed by atoms with Crippen molar-refractivity contribution in [2.75, 3.05) is 20.8 Å². The molecule has 1 heterocycles. The molecule has 0 radical (unpaired) electrons. The second-order valence-corrected chi connectivity index (χ2v) is 4.14. The molecule has 0 amide bonds. The van der Waals surface area contributed by atoms with E-state index >= 15 is 0 Å². The first-order valence-electron chi connectivity index (χ1n) is 5.91. The lowest BCUT2D eigenvalue weighted by molar-refractivity contribution is -0.136. The molecule has 1 aromatic rings. The van der Waals surface area contributed by atoms with E-state index in [1.807, 2.05) is 30.3 Å². The van der Waals surface area contributed by atoms with Crippen molar-refractivity contribution in [2.24, 2.45) is 0 Å². The van der Waals surface area contributed by atoms with E-state index in [1.165, 1.54) is 7.11 Å². The summed E-state index contributed by atoms with van der Waals surface area (Å²) in [6.45, 7) is 0.767. The Bertz CT molecular complexity index is 468. The second-order valence-electron chi connectivity index (χ2n) is 4.14. The number of esters is 1. The van der Waals surface area contributed by atoms with Gasteiger partial charge in [0.1, 0.15) is 5.75 Å². The Labute approximate surface area is 107 Å². The first-order valence-corrected chi connectivity index (χ1v) is 5.91. The number of ether oxygens (including phenoxy) is 2. The van der Waals surface area contributed by atoms with Gasteiger partial charge in [0, 0.05) is 12.1 Å². The molecular weight excluding hydrogens is 230 g/mol. The third-order valence-corrected chi connectivity index (χ3v) is 3.03. The third kappa shape index (κ3) is 2.71. The van der Waals surface area contributed by atoms with Gasteiger partial charge in [-0.15, -0.1) is 0 Å². The van der Waals surface area contributed by atoms with Crippen LogP contribution < -0.4 is 10.1 Å². The predicted molar refractivity (Wildman–Crippen MR) is 68.5 cm³/mol. The van der Waals surface area contributed by atoms with Crippen molar-refractivity contribution >= 4 is 5.97 Å². The molecule has 0 aliphatic carbocycles. The third-order valence-electron chi connectivity index (χ3n) is 3.03. The number of carbonyl (C=O) groups is 1. The highest BCUT2D eigenvalue weighted by molar-refractivity contribution is 5.88. The van der Waals surface area contributed by atoms with E-state index in [9.17, 15) is 4.79 Å². The molecule has 1 aliphatic rings. The first-order chi connectivity index (χ1) is 8.74. The van der Waals surface area contributed by atoms with Crippen LogP contribution in [-0.4, -0.2) is 26.7 Å². The summed E-state index contributed by atoms with van der Waals surface area (Å²) in [7, 11) is 3.05. The highest BCUT2D eigenvalue weighted by Gasteiger charge is 2.19. The maximum absolute atomic E-state index is 11.5. The molecule has 0 aromatic heterocycles. The summed E-state index contributed by atoms with van der Waals surface area (Å²) < 4.78 is 9.96. The smallest absolute Gasteiger partial charge is 0.333 e. The molecule has 4 heteroatoms. The summed E-state index contributed by atoms with van der Waals surface area (Å²) in [4.78, 5) is 11.5. The number of rotatable bonds is 3. The zero-order chi connectivity index (χ0) is 13.0. The Kier molecular flexibility index (Phi) is 3.99. The quantitative estimate of drug-likeness (QED) is 0.828. The molecule has 0 spiro atoms. The Morgan fingerprint density at radius 2 is 2.22 bits per heavy atom. The van der Waals surface area contributed by atoms with Crippen LogP contribution >= 0.6 is 0 Å². The lowest BCUT2D eigenvalue weighted by atomic mass is 9.98. The van der Waals surface area contributed by atoms with Crippen LogP contribution in [0.1, 0.15) is 18.0 Å². The van der Waals surface area contributed by atoms with Crippen LogP contribution in [0.5, 0.6) is 5.75 Å². The minimum Gasteiger partial charge on any atom is -0.497 e. The van der Waals surface area contributed by atoms with E-state index in [0.29, 0.717) is 6.42 Å². The van der Waals surface area contributed by atoms with Gasteiger partial charge < -0.3 is 14.8 Å². The van der Waals surface area contributed by atoms with E-state index in [1.54, 1.807) is 7.11 Å². The molecule has 0 fully saturated rings. The molecule has 0 saturated carbocycles. The highest BCUT2D eigenvalue weighted by atomic mass is 16.5. The van der Waals surface area contributed by atoms with E-state index in [0.717, 1.165) is 23.4 Å². The van der Waals surface area contributed by atoms with Crippen molar-refractivity contribution in [3.8, 4) is 5.75 Å². The summed E-state index contributed by atoms with van der Waals surface area (Å²) in [5.74, 6) is 0.567. The van der Waals surface area contributed by atoms with Gasteiger partial charge in [-0.1, -0.05) is 18.2 Å². The summed E-state index contributed by atoms with van der Waals surface area (Å²) >= 11 is 0. The fourth-order valence-electron chi connectivity index (χ4n) is 2.06. The largest absolute Gasteiger partial charge is 0.497 e. The standard InChI is InChI=1S/C14H17NO3/c1-17-12-5-3-4-10(8-12)13-9-11(6-7-15-13)14(16)18-2/h3-5,8-9,13,15H,6-7H2,1-2H3. The Hall–Kier alpha value is -1.81. The van der Waals surface area contributed by atoms with Gasteiger partial charge in [-0.2, -0.15) is 0 Å². The van der Waals surface area contributed by atoms with Crippen LogP contribution in [0.3, 0.4) is 0 Å². The minimum atomic E-state index is -0.246. The number of nitrogens with one attached hydrogen (secondary N) is 1. The van der Waals surface area contributed by atoms with Gasteiger partial charge in [0.15, 0.2) is 0 Å². The van der Waals surface area contributed by atoms with Crippen molar-refractivity contribution in [1.29, 1.82) is 0 Å². The molecule has 2 rings (SSSR count). The Morgan fingerprint density at radius 1 is 1.39 bits per heavy atom. The minimum absolute atomic E-state index is 0.0305. The predicted octanol–water partition coefficient (Wildman–Crippen LogP) is 1.83. The molecule has 4 nitrogen and oxygen atoms in total. The maximum atomic E-state index is 11.5. The SMILES string of the molecule is COC(=O)C1=CC(c2cccc(OC)c2)NCC1. The molecule has 0 saturated heterocycles. The molecule has 1 aromatic carbocycles. The van der Waals surface area contributed by atoms with Gasteiger partial charge in [-0.05, 0) is 24.1 Å². The van der Waals surface area contributed by atoms with Crippen LogP contribution in [0.4, 0.5) is 0 Å². The van der Waals surface area contributed by atoms with E-state index in [-0.39, 0.29) is 12.0 Å². The summed E-state index contributed by atoms with van der Waals surface area (Å²) in [6, 6.07) is 7.85. The maximum Gasteiger partial charge on any atom is 0.333 e. The molecule has 1 N–H and O–H groups in total. The number of hydrogen-bond donors (Lipinski definition) is 1. The lowest BCUT2D eigenvalue weighted by Gasteiger charge is -2.22. The number of benzene rings is 1. The zero-order valence-electron chi connectivity index (χ0n) is 10.6. The summed E-state index contributed by atoms with van der Waals surface area (Å²) in [6.07, 6.45) is 2.62. The summed E-state index contributed by atoms with van der Waals surface area (Å²) in [5, 5.41) is 3.36. The Morgan fingerprint density at radius 3 is 2.94 bits per heavy atom. The number of carbonyl (C=O) groups excluding carboxylic acids is 1. The number of methoxy groups -OCH3 is 2. The van der Waals surface area contributed by atoms with Gasteiger partial charge >= 0.3 is 5.97 Å². The highest BCUT2D eigenvalue weighted by Crippen LogP contribution is 2.24.